The molecule has 0 unspecified atom stereocenters. The van der Waals surface area contributed by atoms with Gasteiger partial charge in [0.2, 0.25) is 5.91 Å². The number of benzene rings is 1. The second-order valence-corrected chi connectivity index (χ2v) is 6.89. The molecule has 2 N–H and O–H groups in total. The van der Waals surface area contributed by atoms with Crippen LogP contribution in [0.25, 0.3) is 0 Å². The second-order valence-electron chi connectivity index (χ2n) is 6.49. The van der Waals surface area contributed by atoms with Crippen molar-refractivity contribution in [3.63, 3.8) is 0 Å². The van der Waals surface area contributed by atoms with E-state index in [4.69, 9.17) is 21.1 Å². The molecule has 25 heavy (non-hydrogen) atoms. The molecule has 0 atom stereocenters. The van der Waals surface area contributed by atoms with Gasteiger partial charge in [0.1, 0.15) is 5.54 Å². The summed E-state index contributed by atoms with van der Waals surface area (Å²) in [5.74, 6) is 1.01. The largest absolute Gasteiger partial charge is 0.490 e. The van der Waals surface area contributed by atoms with E-state index < -0.39 is 5.54 Å². The quantitative estimate of drug-likeness (QED) is 0.857. The van der Waals surface area contributed by atoms with Crippen molar-refractivity contribution in [3.8, 4) is 17.6 Å². The number of anilines is 1. The molecule has 0 saturated heterocycles. The number of carbonyl (C=O) groups excluding carboxylic acids is 1. The Morgan fingerprint density at radius 2 is 1.84 bits per heavy atom. The van der Waals surface area contributed by atoms with Crippen LogP contribution >= 0.6 is 11.6 Å². The predicted octanol–water partition coefficient (Wildman–Crippen LogP) is 3.26. The molecule has 1 amide bonds. The number of carbonyl (C=O) groups is 1. The van der Waals surface area contributed by atoms with Crippen LogP contribution in [-0.4, -0.2) is 31.2 Å². The molecule has 0 aromatic heterocycles. The van der Waals surface area contributed by atoms with E-state index in [0.29, 0.717) is 48.3 Å². The summed E-state index contributed by atoms with van der Waals surface area (Å²) in [7, 11) is 0. The second kappa shape index (κ2) is 7.83. The molecule has 1 aliphatic carbocycles. The molecule has 1 saturated carbocycles. The number of hydrogen-bond donors (Lipinski definition) is 2. The number of nitriles is 1. The van der Waals surface area contributed by atoms with Gasteiger partial charge in [-0.15, -0.1) is 0 Å². The van der Waals surface area contributed by atoms with E-state index in [1.807, 2.05) is 0 Å². The molecular weight excluding hydrogens is 342 g/mol. The van der Waals surface area contributed by atoms with E-state index in [0.717, 1.165) is 25.7 Å². The summed E-state index contributed by atoms with van der Waals surface area (Å²) in [6, 6.07) is 5.73. The van der Waals surface area contributed by atoms with E-state index in [1.165, 1.54) is 0 Å². The fourth-order valence-corrected chi connectivity index (χ4v) is 3.45. The van der Waals surface area contributed by atoms with Gasteiger partial charge in [0.05, 0.1) is 36.5 Å². The molecule has 134 valence electrons. The van der Waals surface area contributed by atoms with Crippen LogP contribution in [0.1, 0.15) is 38.5 Å². The van der Waals surface area contributed by atoms with Crippen LogP contribution in [0.4, 0.5) is 5.69 Å². The van der Waals surface area contributed by atoms with Gasteiger partial charge < -0.3 is 20.1 Å². The van der Waals surface area contributed by atoms with Crippen molar-refractivity contribution in [1.29, 1.82) is 5.26 Å². The lowest BCUT2D eigenvalue weighted by molar-refractivity contribution is -0.121. The SMILES string of the molecule is N#CC1(NC(=O)CNc2cc3c(cc2Cl)OCCCO3)CCCCC1. The van der Waals surface area contributed by atoms with Crippen molar-refractivity contribution in [3.05, 3.63) is 17.2 Å². The lowest BCUT2D eigenvalue weighted by Gasteiger charge is -2.31. The highest BCUT2D eigenvalue weighted by Gasteiger charge is 2.33. The molecule has 0 radical (unpaired) electrons. The Balaban J connectivity index is 1.62. The van der Waals surface area contributed by atoms with Crippen LogP contribution in [0.2, 0.25) is 5.02 Å². The smallest absolute Gasteiger partial charge is 0.240 e. The molecule has 1 aromatic carbocycles. The van der Waals surface area contributed by atoms with Crippen molar-refractivity contribution < 1.29 is 14.3 Å². The minimum Gasteiger partial charge on any atom is -0.490 e. The highest BCUT2D eigenvalue weighted by Crippen LogP contribution is 2.37. The number of amides is 1. The molecular formula is C18H22ClN3O3. The third kappa shape index (κ3) is 4.29. The molecule has 0 bridgehead atoms. The average Bonchev–Trinajstić information content (AvgIpc) is 2.85. The average molecular weight is 364 g/mol. The zero-order valence-electron chi connectivity index (χ0n) is 14.1. The molecule has 1 aliphatic heterocycles. The fourth-order valence-electron chi connectivity index (χ4n) is 3.23. The number of nitrogens with zero attached hydrogens (tertiary/aromatic N) is 1. The summed E-state index contributed by atoms with van der Waals surface area (Å²) in [6.45, 7) is 1.22. The van der Waals surface area contributed by atoms with E-state index in [1.54, 1.807) is 12.1 Å². The van der Waals surface area contributed by atoms with E-state index in [-0.39, 0.29) is 12.5 Å². The van der Waals surface area contributed by atoms with Crippen LogP contribution < -0.4 is 20.1 Å². The Labute approximate surface area is 152 Å². The van der Waals surface area contributed by atoms with Crippen molar-refractivity contribution in [1.82, 2.24) is 5.32 Å². The summed E-state index contributed by atoms with van der Waals surface area (Å²) in [5, 5.41) is 15.8. The van der Waals surface area contributed by atoms with Gasteiger partial charge in [0.25, 0.3) is 0 Å². The lowest BCUT2D eigenvalue weighted by Crippen LogP contribution is -2.50. The minimum atomic E-state index is -0.731. The maximum Gasteiger partial charge on any atom is 0.240 e. The Kier molecular flexibility index (Phi) is 5.54. The van der Waals surface area contributed by atoms with Gasteiger partial charge in [-0.3, -0.25) is 4.79 Å². The third-order valence-electron chi connectivity index (χ3n) is 4.58. The van der Waals surface area contributed by atoms with E-state index in [2.05, 4.69) is 16.7 Å². The Morgan fingerprint density at radius 1 is 1.16 bits per heavy atom. The molecule has 1 aromatic rings. The predicted molar refractivity (Wildman–Crippen MR) is 95.1 cm³/mol. The maximum atomic E-state index is 12.3. The molecule has 3 rings (SSSR count). The van der Waals surface area contributed by atoms with Crippen LogP contribution in [0.3, 0.4) is 0 Å². The lowest BCUT2D eigenvalue weighted by atomic mass is 9.83. The van der Waals surface area contributed by atoms with Gasteiger partial charge in [-0.25, -0.2) is 0 Å². The number of ether oxygens (including phenoxy) is 2. The number of hydrogen-bond acceptors (Lipinski definition) is 5. The topological polar surface area (TPSA) is 83.4 Å². The maximum absolute atomic E-state index is 12.3. The summed E-state index contributed by atoms with van der Waals surface area (Å²) in [5.41, 5.74) is -0.123. The third-order valence-corrected chi connectivity index (χ3v) is 4.89. The summed E-state index contributed by atoms with van der Waals surface area (Å²) >= 11 is 6.26. The van der Waals surface area contributed by atoms with Gasteiger partial charge in [-0.2, -0.15) is 5.26 Å². The molecule has 2 aliphatic rings. The molecule has 1 fully saturated rings. The van der Waals surface area contributed by atoms with Crippen LogP contribution in [0.15, 0.2) is 12.1 Å². The monoisotopic (exact) mass is 363 g/mol. The minimum absolute atomic E-state index is 0.0444. The zero-order chi connectivity index (χ0) is 17.7. The zero-order valence-corrected chi connectivity index (χ0v) is 14.8. The first kappa shape index (κ1) is 17.7. The van der Waals surface area contributed by atoms with E-state index >= 15 is 0 Å². The van der Waals surface area contributed by atoms with Crippen molar-refractivity contribution in [2.45, 2.75) is 44.1 Å². The van der Waals surface area contributed by atoms with Crippen molar-refractivity contribution in [2.75, 3.05) is 25.1 Å². The van der Waals surface area contributed by atoms with Gasteiger partial charge in [-0.1, -0.05) is 30.9 Å². The van der Waals surface area contributed by atoms with Crippen LogP contribution in [0, 0.1) is 11.3 Å². The summed E-state index contributed by atoms with van der Waals surface area (Å²) < 4.78 is 11.2. The van der Waals surface area contributed by atoms with Crippen LogP contribution in [0.5, 0.6) is 11.5 Å². The normalized spacial score (nSPS) is 18.6. The number of fused-ring (bicyclic) bond motifs is 1. The van der Waals surface area contributed by atoms with Gasteiger partial charge in [0, 0.05) is 18.6 Å². The molecule has 1 heterocycles. The number of halogens is 1. The first-order chi connectivity index (χ1) is 12.1. The fraction of sp³-hybridized carbons (Fsp3) is 0.556. The first-order valence-corrected chi connectivity index (χ1v) is 9.05. The van der Waals surface area contributed by atoms with Crippen molar-refractivity contribution >= 4 is 23.2 Å². The first-order valence-electron chi connectivity index (χ1n) is 8.67. The Bertz CT molecular complexity index is 681. The molecule has 6 nitrogen and oxygen atoms in total. The van der Waals surface area contributed by atoms with Gasteiger partial charge >= 0.3 is 0 Å². The standard InChI is InChI=1S/C18H22ClN3O3/c19-13-9-15-16(25-8-4-7-24-15)10-14(13)21-11-17(23)22-18(12-20)5-2-1-3-6-18/h9-10,21H,1-8,11H2,(H,22,23). The van der Waals surface area contributed by atoms with Gasteiger partial charge in [-0.05, 0) is 12.8 Å². The van der Waals surface area contributed by atoms with Gasteiger partial charge in [0.15, 0.2) is 11.5 Å². The van der Waals surface area contributed by atoms with Crippen LogP contribution in [-0.2, 0) is 4.79 Å². The molecule has 7 heteroatoms. The summed E-state index contributed by atoms with van der Waals surface area (Å²) in [4.78, 5) is 12.3. The summed E-state index contributed by atoms with van der Waals surface area (Å²) in [6.07, 6.45) is 5.28. The number of nitrogens with one attached hydrogen (secondary N) is 2. The Morgan fingerprint density at radius 3 is 2.52 bits per heavy atom. The highest BCUT2D eigenvalue weighted by atomic mass is 35.5. The number of rotatable bonds is 4. The van der Waals surface area contributed by atoms with E-state index in [9.17, 15) is 10.1 Å². The molecule has 0 spiro atoms. The van der Waals surface area contributed by atoms with Crippen molar-refractivity contribution in [2.24, 2.45) is 0 Å². The highest BCUT2D eigenvalue weighted by molar-refractivity contribution is 6.33. The Hall–Kier alpha value is -2.13.